The maximum absolute atomic E-state index is 13.7. The van der Waals surface area contributed by atoms with E-state index in [1.165, 1.54) is 12.1 Å². The van der Waals surface area contributed by atoms with Crippen molar-refractivity contribution in [2.45, 2.75) is 6.92 Å². The van der Waals surface area contributed by atoms with E-state index in [1.807, 2.05) is 0 Å². The molecule has 2 rings (SSSR count). The molecule has 0 radical (unpaired) electrons. The molecule has 0 saturated heterocycles. The number of halogens is 2. The van der Waals surface area contributed by atoms with Crippen molar-refractivity contribution in [1.29, 1.82) is 0 Å². The summed E-state index contributed by atoms with van der Waals surface area (Å²) in [5.74, 6) is -2.06. The molecule has 0 fully saturated rings. The lowest BCUT2D eigenvalue weighted by molar-refractivity contribution is 0.0652. The van der Waals surface area contributed by atoms with E-state index in [9.17, 15) is 9.18 Å². The van der Waals surface area contributed by atoms with Gasteiger partial charge in [0.25, 0.3) is 0 Å². The van der Waals surface area contributed by atoms with Crippen LogP contribution >= 0.6 is 15.9 Å². The molecule has 88 valence electrons. The van der Waals surface area contributed by atoms with E-state index in [0.717, 1.165) is 5.56 Å². The minimum atomic E-state index is -1.24. The molecule has 0 aliphatic heterocycles. The molecule has 0 amide bonds. The SMILES string of the molecule is Cc1ccc(F)c(-c2cc(C(=O)O)on2)c1Br. The average Bonchev–Trinajstić information content (AvgIpc) is 2.73. The summed E-state index contributed by atoms with van der Waals surface area (Å²) in [7, 11) is 0. The van der Waals surface area contributed by atoms with E-state index >= 15 is 0 Å². The normalized spacial score (nSPS) is 10.5. The molecule has 6 heteroatoms. The lowest BCUT2D eigenvalue weighted by atomic mass is 10.1. The van der Waals surface area contributed by atoms with Gasteiger partial charge in [-0.05, 0) is 34.5 Å². The Bertz CT molecular complexity index is 594. The van der Waals surface area contributed by atoms with Gasteiger partial charge in [0.1, 0.15) is 11.5 Å². The maximum atomic E-state index is 13.7. The Morgan fingerprint density at radius 2 is 2.24 bits per heavy atom. The van der Waals surface area contributed by atoms with Gasteiger partial charge in [-0.3, -0.25) is 0 Å². The van der Waals surface area contributed by atoms with Gasteiger partial charge in [0.05, 0.1) is 5.56 Å². The smallest absolute Gasteiger partial charge is 0.374 e. The first-order valence-corrected chi connectivity index (χ1v) is 5.45. The van der Waals surface area contributed by atoms with Crippen LogP contribution in [0.5, 0.6) is 0 Å². The summed E-state index contributed by atoms with van der Waals surface area (Å²) >= 11 is 3.24. The largest absolute Gasteiger partial charge is 0.475 e. The molecule has 2 aromatic rings. The van der Waals surface area contributed by atoms with Gasteiger partial charge in [0, 0.05) is 10.5 Å². The number of aromatic carboxylic acids is 1. The van der Waals surface area contributed by atoms with Crippen LogP contribution in [0.4, 0.5) is 4.39 Å². The van der Waals surface area contributed by atoms with Gasteiger partial charge < -0.3 is 9.63 Å². The van der Waals surface area contributed by atoms with Crippen LogP contribution in [0.2, 0.25) is 0 Å². The second-order valence-corrected chi connectivity index (χ2v) is 4.23. The number of hydrogen-bond donors (Lipinski definition) is 1. The number of carbonyl (C=O) groups is 1. The predicted molar refractivity (Wildman–Crippen MR) is 61.3 cm³/mol. The highest BCUT2D eigenvalue weighted by Crippen LogP contribution is 2.32. The lowest BCUT2D eigenvalue weighted by Crippen LogP contribution is -1.92. The summed E-state index contributed by atoms with van der Waals surface area (Å²) in [6.07, 6.45) is 0. The van der Waals surface area contributed by atoms with Gasteiger partial charge in [-0.2, -0.15) is 0 Å². The predicted octanol–water partition coefficient (Wildman–Crippen LogP) is 3.25. The molecule has 1 N–H and O–H groups in total. The fraction of sp³-hybridized carbons (Fsp3) is 0.0909. The standard InChI is InChI=1S/C11H7BrFNO3/c1-5-2-3-6(13)9(10(5)12)7-4-8(11(15)16)17-14-7/h2-4H,1H3,(H,15,16). The molecule has 0 aliphatic carbocycles. The summed E-state index contributed by atoms with van der Waals surface area (Å²) in [5, 5.41) is 12.2. The van der Waals surface area contributed by atoms with Crippen molar-refractivity contribution in [3.05, 3.63) is 39.8 Å². The Morgan fingerprint density at radius 1 is 1.53 bits per heavy atom. The third kappa shape index (κ3) is 2.08. The van der Waals surface area contributed by atoms with E-state index in [0.29, 0.717) is 4.47 Å². The Hall–Kier alpha value is -1.69. The second kappa shape index (κ2) is 4.29. The van der Waals surface area contributed by atoms with Crippen molar-refractivity contribution < 1.29 is 18.8 Å². The maximum Gasteiger partial charge on any atom is 0.374 e. The molecular weight excluding hydrogens is 293 g/mol. The number of carboxylic acids is 1. The fourth-order valence-electron chi connectivity index (χ4n) is 1.39. The first kappa shape index (κ1) is 11.8. The molecule has 1 heterocycles. The lowest BCUT2D eigenvalue weighted by Gasteiger charge is -2.04. The molecule has 17 heavy (non-hydrogen) atoms. The van der Waals surface area contributed by atoms with Crippen molar-refractivity contribution in [3.8, 4) is 11.3 Å². The number of nitrogens with zero attached hydrogens (tertiary/aromatic N) is 1. The van der Waals surface area contributed by atoms with Crippen molar-refractivity contribution in [2.75, 3.05) is 0 Å². The quantitative estimate of drug-likeness (QED) is 0.924. The van der Waals surface area contributed by atoms with E-state index in [2.05, 4.69) is 25.6 Å². The summed E-state index contributed by atoms with van der Waals surface area (Å²) in [4.78, 5) is 10.6. The first-order valence-electron chi connectivity index (χ1n) is 4.65. The minimum Gasteiger partial charge on any atom is -0.475 e. The summed E-state index contributed by atoms with van der Waals surface area (Å²) in [5.41, 5.74) is 1.16. The van der Waals surface area contributed by atoms with Gasteiger partial charge in [0.2, 0.25) is 5.76 Å². The van der Waals surface area contributed by atoms with E-state index in [4.69, 9.17) is 5.11 Å². The van der Waals surface area contributed by atoms with Gasteiger partial charge in [-0.25, -0.2) is 9.18 Å². The topological polar surface area (TPSA) is 63.3 Å². The molecule has 1 aromatic carbocycles. The molecule has 0 bridgehead atoms. The number of benzene rings is 1. The highest BCUT2D eigenvalue weighted by atomic mass is 79.9. The summed E-state index contributed by atoms with van der Waals surface area (Å²) in [6.45, 7) is 1.80. The van der Waals surface area contributed by atoms with Crippen molar-refractivity contribution >= 4 is 21.9 Å². The molecule has 4 nitrogen and oxygen atoms in total. The molecule has 0 atom stereocenters. The van der Waals surface area contributed by atoms with Gasteiger partial charge in [0.15, 0.2) is 0 Å². The first-order chi connectivity index (χ1) is 8.00. The number of aryl methyl sites for hydroxylation is 1. The molecule has 0 unspecified atom stereocenters. The molecular formula is C11H7BrFNO3. The zero-order valence-electron chi connectivity index (χ0n) is 8.70. The van der Waals surface area contributed by atoms with Gasteiger partial charge in [-0.1, -0.05) is 11.2 Å². The Kier molecular flexibility index (Phi) is 2.97. The van der Waals surface area contributed by atoms with Crippen LogP contribution in [0.1, 0.15) is 16.1 Å². The van der Waals surface area contributed by atoms with E-state index in [-0.39, 0.29) is 17.0 Å². The number of carboxylic acid groups (broad SMARTS) is 1. The van der Waals surface area contributed by atoms with Crippen LogP contribution in [-0.2, 0) is 0 Å². The second-order valence-electron chi connectivity index (χ2n) is 3.43. The van der Waals surface area contributed by atoms with Crippen LogP contribution in [0.3, 0.4) is 0 Å². The van der Waals surface area contributed by atoms with Crippen molar-refractivity contribution in [1.82, 2.24) is 5.16 Å². The highest BCUT2D eigenvalue weighted by molar-refractivity contribution is 9.10. The Balaban J connectivity index is 2.60. The van der Waals surface area contributed by atoms with Crippen LogP contribution in [0.15, 0.2) is 27.2 Å². The Morgan fingerprint density at radius 3 is 2.82 bits per heavy atom. The van der Waals surface area contributed by atoms with Gasteiger partial charge >= 0.3 is 5.97 Å². The van der Waals surface area contributed by atoms with Crippen LogP contribution in [-0.4, -0.2) is 16.2 Å². The molecule has 0 aliphatic rings. The Labute approximate surface area is 104 Å². The number of aromatic nitrogens is 1. The monoisotopic (exact) mass is 299 g/mol. The van der Waals surface area contributed by atoms with Crippen LogP contribution in [0, 0.1) is 12.7 Å². The third-order valence-electron chi connectivity index (χ3n) is 2.26. The number of hydrogen-bond acceptors (Lipinski definition) is 3. The molecule has 0 spiro atoms. The van der Waals surface area contributed by atoms with Crippen molar-refractivity contribution in [3.63, 3.8) is 0 Å². The fourth-order valence-corrected chi connectivity index (χ4v) is 1.91. The summed E-state index contributed by atoms with van der Waals surface area (Å²) < 4.78 is 18.8. The average molecular weight is 300 g/mol. The van der Waals surface area contributed by atoms with Crippen LogP contribution < -0.4 is 0 Å². The zero-order chi connectivity index (χ0) is 12.6. The minimum absolute atomic E-state index is 0.149. The van der Waals surface area contributed by atoms with E-state index in [1.54, 1.807) is 13.0 Å². The zero-order valence-corrected chi connectivity index (χ0v) is 10.3. The summed E-state index contributed by atoms with van der Waals surface area (Å²) in [6, 6.07) is 4.09. The number of rotatable bonds is 2. The molecule has 1 aromatic heterocycles. The van der Waals surface area contributed by atoms with Gasteiger partial charge in [-0.15, -0.1) is 0 Å². The third-order valence-corrected chi connectivity index (χ3v) is 3.28. The highest BCUT2D eigenvalue weighted by Gasteiger charge is 2.18. The molecule has 0 saturated carbocycles. The van der Waals surface area contributed by atoms with E-state index < -0.39 is 11.8 Å². The van der Waals surface area contributed by atoms with Crippen molar-refractivity contribution in [2.24, 2.45) is 0 Å². The van der Waals surface area contributed by atoms with Crippen LogP contribution in [0.25, 0.3) is 11.3 Å².